The van der Waals surface area contributed by atoms with E-state index in [9.17, 15) is 4.79 Å². The first-order valence-corrected chi connectivity index (χ1v) is 10.5. The number of amides is 1. The van der Waals surface area contributed by atoms with E-state index >= 15 is 0 Å². The number of anilines is 1. The summed E-state index contributed by atoms with van der Waals surface area (Å²) in [5, 5.41) is 12.9. The van der Waals surface area contributed by atoms with Gasteiger partial charge in [0.1, 0.15) is 0 Å². The zero-order chi connectivity index (χ0) is 22.3. The Labute approximate surface area is 190 Å². The van der Waals surface area contributed by atoms with Crippen molar-refractivity contribution in [2.24, 2.45) is 0 Å². The van der Waals surface area contributed by atoms with E-state index in [1.54, 1.807) is 36.5 Å². The van der Waals surface area contributed by atoms with Crippen molar-refractivity contribution in [1.29, 1.82) is 5.26 Å². The Hall–Kier alpha value is -3.95. The van der Waals surface area contributed by atoms with Crippen LogP contribution >= 0.6 is 11.6 Å². The molecule has 0 aliphatic heterocycles. The Bertz CT molecular complexity index is 1300. The van der Waals surface area contributed by atoms with Gasteiger partial charge in [-0.15, -0.1) is 0 Å². The molecule has 0 atom stereocenters. The predicted molar refractivity (Wildman–Crippen MR) is 125 cm³/mol. The van der Waals surface area contributed by atoms with Crippen molar-refractivity contribution < 1.29 is 9.53 Å². The molecule has 0 unspecified atom stereocenters. The number of halogens is 1. The van der Waals surface area contributed by atoms with E-state index in [1.807, 2.05) is 36.4 Å². The summed E-state index contributed by atoms with van der Waals surface area (Å²) in [6.07, 6.45) is 2.58. The number of unbranched alkanes of at least 4 members (excludes halogenated alkanes) is 1. The Balaban J connectivity index is 1.67. The van der Waals surface area contributed by atoms with Gasteiger partial charge in [-0.3, -0.25) is 4.79 Å². The van der Waals surface area contributed by atoms with Crippen molar-refractivity contribution in [3.05, 3.63) is 83.5 Å². The minimum atomic E-state index is -0.320. The topological polar surface area (TPSA) is 87.9 Å². The summed E-state index contributed by atoms with van der Waals surface area (Å²) in [7, 11) is 0. The molecule has 7 heteroatoms. The van der Waals surface area contributed by atoms with Crippen LogP contribution in [0.2, 0.25) is 5.02 Å². The molecule has 0 aliphatic carbocycles. The summed E-state index contributed by atoms with van der Waals surface area (Å²) in [5.41, 5.74) is 2.70. The zero-order valence-corrected chi connectivity index (χ0v) is 17.8. The molecule has 2 aromatic heterocycles. The van der Waals surface area contributed by atoms with Crippen LogP contribution < -0.4 is 10.1 Å². The van der Waals surface area contributed by atoms with Gasteiger partial charge in [0, 0.05) is 28.6 Å². The third kappa shape index (κ3) is 4.85. The molecule has 0 aliphatic rings. The van der Waals surface area contributed by atoms with Gasteiger partial charge in [-0.25, -0.2) is 9.97 Å². The van der Waals surface area contributed by atoms with Crippen LogP contribution in [0.15, 0.2) is 72.9 Å². The monoisotopic (exact) mass is 442 g/mol. The zero-order valence-electron chi connectivity index (χ0n) is 17.1. The van der Waals surface area contributed by atoms with Crippen molar-refractivity contribution in [1.82, 2.24) is 9.97 Å². The predicted octanol–water partition coefficient (Wildman–Crippen LogP) is 5.89. The van der Waals surface area contributed by atoms with Crippen LogP contribution in [-0.4, -0.2) is 22.5 Å². The molecule has 2 heterocycles. The van der Waals surface area contributed by atoms with Crippen molar-refractivity contribution in [3.8, 4) is 23.1 Å². The maximum Gasteiger partial charge on any atom is 0.257 e. The van der Waals surface area contributed by atoms with E-state index in [-0.39, 0.29) is 5.91 Å². The lowest BCUT2D eigenvalue weighted by Crippen LogP contribution is -2.15. The number of nitrogens with zero attached hydrogens (tertiary/aromatic N) is 3. The number of ether oxygens (including phenoxy) is 1. The van der Waals surface area contributed by atoms with Crippen LogP contribution in [0.4, 0.5) is 5.82 Å². The number of nitrogens with one attached hydrogen (secondary N) is 1. The van der Waals surface area contributed by atoms with Crippen molar-refractivity contribution in [2.45, 2.75) is 12.8 Å². The second-order valence-electron chi connectivity index (χ2n) is 6.99. The molecule has 32 heavy (non-hydrogen) atoms. The van der Waals surface area contributed by atoms with Gasteiger partial charge in [-0.05, 0) is 42.8 Å². The average molecular weight is 443 g/mol. The van der Waals surface area contributed by atoms with E-state index in [4.69, 9.17) is 26.6 Å². The quantitative estimate of drug-likeness (QED) is 0.361. The Morgan fingerprint density at radius 3 is 2.72 bits per heavy atom. The Morgan fingerprint density at radius 1 is 1.09 bits per heavy atom. The Morgan fingerprint density at radius 2 is 1.91 bits per heavy atom. The van der Waals surface area contributed by atoms with Crippen LogP contribution in [0.5, 0.6) is 5.75 Å². The summed E-state index contributed by atoms with van der Waals surface area (Å²) in [6.45, 7) is 0.362. The third-order valence-corrected chi connectivity index (χ3v) is 5.05. The SMILES string of the molecule is N#CCCCOc1cccnc1NC(=O)c1cc(-c2ccc(Cl)cc2)nc2ccccc12. The molecule has 4 aromatic rings. The van der Waals surface area contributed by atoms with E-state index in [2.05, 4.69) is 16.4 Å². The highest BCUT2D eigenvalue weighted by Crippen LogP contribution is 2.28. The van der Waals surface area contributed by atoms with Crippen LogP contribution in [-0.2, 0) is 0 Å². The number of carbonyl (C=O) groups excluding carboxylic acids is 1. The molecule has 4 rings (SSSR count). The number of carbonyl (C=O) groups is 1. The third-order valence-electron chi connectivity index (χ3n) is 4.79. The molecule has 0 saturated heterocycles. The number of rotatable bonds is 7. The summed E-state index contributed by atoms with van der Waals surface area (Å²) < 4.78 is 5.71. The molecular weight excluding hydrogens is 424 g/mol. The smallest absolute Gasteiger partial charge is 0.257 e. The number of fused-ring (bicyclic) bond motifs is 1. The maximum atomic E-state index is 13.3. The lowest BCUT2D eigenvalue weighted by atomic mass is 10.0. The molecule has 158 valence electrons. The molecule has 2 aromatic carbocycles. The number of pyridine rings is 2. The molecule has 0 spiro atoms. The molecule has 0 radical (unpaired) electrons. The molecule has 1 amide bonds. The molecule has 6 nitrogen and oxygen atoms in total. The van der Waals surface area contributed by atoms with Gasteiger partial charge in [0.15, 0.2) is 11.6 Å². The molecule has 0 saturated carbocycles. The number of hydrogen-bond acceptors (Lipinski definition) is 5. The van der Waals surface area contributed by atoms with E-state index in [1.165, 1.54) is 0 Å². The van der Waals surface area contributed by atoms with Crippen molar-refractivity contribution in [2.75, 3.05) is 11.9 Å². The molecule has 0 bridgehead atoms. The van der Waals surface area contributed by atoms with Crippen LogP contribution in [0.25, 0.3) is 22.2 Å². The van der Waals surface area contributed by atoms with Gasteiger partial charge >= 0.3 is 0 Å². The van der Waals surface area contributed by atoms with Gasteiger partial charge in [0.05, 0.1) is 29.5 Å². The first-order chi connectivity index (χ1) is 15.7. The van der Waals surface area contributed by atoms with E-state index in [0.717, 1.165) is 10.9 Å². The second kappa shape index (κ2) is 9.90. The highest BCUT2D eigenvalue weighted by molar-refractivity contribution is 6.30. The largest absolute Gasteiger partial charge is 0.490 e. The summed E-state index contributed by atoms with van der Waals surface area (Å²) in [4.78, 5) is 22.3. The number of benzene rings is 2. The van der Waals surface area contributed by atoms with Gasteiger partial charge in [-0.1, -0.05) is 41.9 Å². The van der Waals surface area contributed by atoms with Gasteiger partial charge in [0.25, 0.3) is 5.91 Å². The number of hydrogen-bond donors (Lipinski definition) is 1. The van der Waals surface area contributed by atoms with Crippen LogP contribution in [0.1, 0.15) is 23.2 Å². The Kier molecular flexibility index (Phi) is 6.59. The lowest BCUT2D eigenvalue weighted by molar-refractivity contribution is 0.102. The second-order valence-corrected chi connectivity index (χ2v) is 7.43. The summed E-state index contributed by atoms with van der Waals surface area (Å²) in [5.74, 6) is 0.456. The van der Waals surface area contributed by atoms with Crippen molar-refractivity contribution in [3.63, 3.8) is 0 Å². The first kappa shape index (κ1) is 21.3. The normalized spacial score (nSPS) is 10.5. The van der Waals surface area contributed by atoms with Gasteiger partial charge < -0.3 is 10.1 Å². The minimum absolute atomic E-state index is 0.320. The summed E-state index contributed by atoms with van der Waals surface area (Å²) >= 11 is 6.02. The molecular formula is C25H19ClN4O2. The first-order valence-electron chi connectivity index (χ1n) is 10.1. The molecule has 0 fully saturated rings. The van der Waals surface area contributed by atoms with Crippen LogP contribution in [0.3, 0.4) is 0 Å². The molecule has 1 N–H and O–H groups in total. The van der Waals surface area contributed by atoms with Crippen molar-refractivity contribution >= 4 is 34.2 Å². The standard InChI is InChI=1S/C25H19ClN4O2/c26-18-11-9-17(10-12-18)22-16-20(19-6-1-2-7-21(19)29-22)25(31)30-24-23(8-5-14-28-24)32-15-4-3-13-27/h1-2,5-12,14,16H,3-4,15H2,(H,28,30,31). The minimum Gasteiger partial charge on any atom is -0.490 e. The maximum absolute atomic E-state index is 13.3. The van der Waals surface area contributed by atoms with E-state index in [0.29, 0.717) is 52.8 Å². The summed E-state index contributed by atoms with van der Waals surface area (Å²) in [6, 6.07) is 22.1. The van der Waals surface area contributed by atoms with Gasteiger partial charge in [0.2, 0.25) is 0 Å². The highest BCUT2D eigenvalue weighted by atomic mass is 35.5. The van der Waals surface area contributed by atoms with E-state index < -0.39 is 0 Å². The van der Waals surface area contributed by atoms with Crippen LogP contribution in [0, 0.1) is 11.3 Å². The number of para-hydroxylation sites is 1. The fraction of sp³-hybridized carbons (Fsp3) is 0.120. The fourth-order valence-electron chi connectivity index (χ4n) is 3.24. The highest BCUT2D eigenvalue weighted by Gasteiger charge is 2.16. The number of aromatic nitrogens is 2. The fourth-order valence-corrected chi connectivity index (χ4v) is 3.37. The average Bonchev–Trinajstić information content (AvgIpc) is 2.82. The number of nitriles is 1. The van der Waals surface area contributed by atoms with Gasteiger partial charge in [-0.2, -0.15) is 5.26 Å². The lowest BCUT2D eigenvalue weighted by Gasteiger charge is -2.13.